The van der Waals surface area contributed by atoms with E-state index >= 15 is 0 Å². The van der Waals surface area contributed by atoms with Crippen LogP contribution in [0.2, 0.25) is 0 Å². The Morgan fingerprint density at radius 1 is 1.23 bits per heavy atom. The molecule has 0 aromatic heterocycles. The van der Waals surface area contributed by atoms with Crippen molar-refractivity contribution in [1.29, 1.82) is 0 Å². The second-order valence-corrected chi connectivity index (χ2v) is 2.75. The molecule has 0 saturated heterocycles. The highest BCUT2D eigenvalue weighted by Gasteiger charge is 2.16. The summed E-state index contributed by atoms with van der Waals surface area (Å²) in [6, 6.07) is 2.96. The number of hydrogen-bond acceptors (Lipinski definition) is 1. The lowest BCUT2D eigenvalue weighted by molar-refractivity contribution is 0.140. The topological polar surface area (TPSA) is 20.2 Å². The maximum atomic E-state index is 12.6. The van der Waals surface area contributed by atoms with Gasteiger partial charge in [0.25, 0.3) is 6.43 Å². The lowest BCUT2D eigenvalue weighted by atomic mass is 10.0. The van der Waals surface area contributed by atoms with Gasteiger partial charge in [0.2, 0.25) is 0 Å². The summed E-state index contributed by atoms with van der Waals surface area (Å²) in [5.41, 5.74) is -0.383. The van der Waals surface area contributed by atoms with Crippen LogP contribution in [0.1, 0.15) is 30.6 Å². The van der Waals surface area contributed by atoms with Crippen molar-refractivity contribution in [3.8, 4) is 0 Å². The van der Waals surface area contributed by atoms with E-state index in [9.17, 15) is 13.2 Å². The summed E-state index contributed by atoms with van der Waals surface area (Å²) < 4.78 is 37.1. The maximum absolute atomic E-state index is 12.6. The standard InChI is InChI=1S/C9H9F3O/c1-5(13)7-3-2-6(10)4-8(7)9(11)12/h2-5,9,13H,1H3. The Kier molecular flexibility index (Phi) is 2.93. The molecule has 0 aliphatic rings. The largest absolute Gasteiger partial charge is 0.389 e. The molecule has 1 nitrogen and oxygen atoms in total. The van der Waals surface area contributed by atoms with E-state index in [4.69, 9.17) is 5.11 Å². The monoisotopic (exact) mass is 190 g/mol. The molecule has 13 heavy (non-hydrogen) atoms. The highest BCUT2D eigenvalue weighted by molar-refractivity contribution is 5.30. The minimum Gasteiger partial charge on any atom is -0.389 e. The quantitative estimate of drug-likeness (QED) is 0.760. The van der Waals surface area contributed by atoms with Crippen molar-refractivity contribution < 1.29 is 18.3 Å². The fourth-order valence-corrected chi connectivity index (χ4v) is 1.12. The molecule has 0 amide bonds. The summed E-state index contributed by atoms with van der Waals surface area (Å²) in [4.78, 5) is 0. The van der Waals surface area contributed by atoms with Crippen molar-refractivity contribution in [3.05, 3.63) is 35.1 Å². The van der Waals surface area contributed by atoms with E-state index in [1.54, 1.807) is 0 Å². The number of hydrogen-bond donors (Lipinski definition) is 1. The number of rotatable bonds is 2. The summed E-state index contributed by atoms with van der Waals surface area (Å²) in [5.74, 6) is -0.722. The van der Waals surface area contributed by atoms with Gasteiger partial charge in [0.15, 0.2) is 0 Å². The van der Waals surface area contributed by atoms with Crippen LogP contribution in [0.5, 0.6) is 0 Å². The Bertz CT molecular complexity index is 297. The second-order valence-electron chi connectivity index (χ2n) is 2.75. The molecule has 0 aliphatic carbocycles. The fraction of sp³-hybridized carbons (Fsp3) is 0.333. The third-order valence-corrected chi connectivity index (χ3v) is 1.73. The normalized spacial score (nSPS) is 13.4. The average Bonchev–Trinajstić information content (AvgIpc) is 2.03. The first-order chi connectivity index (χ1) is 6.02. The lowest BCUT2D eigenvalue weighted by Crippen LogP contribution is -1.99. The zero-order valence-corrected chi connectivity index (χ0v) is 6.97. The smallest absolute Gasteiger partial charge is 0.264 e. The zero-order valence-electron chi connectivity index (χ0n) is 6.97. The second kappa shape index (κ2) is 3.79. The van der Waals surface area contributed by atoms with E-state index < -0.39 is 23.9 Å². The summed E-state index contributed by atoms with van der Waals surface area (Å²) in [6.45, 7) is 1.36. The molecule has 0 spiro atoms. The molecular formula is C9H9F3O. The minimum absolute atomic E-state index is 0.0661. The van der Waals surface area contributed by atoms with E-state index in [2.05, 4.69) is 0 Å². The van der Waals surface area contributed by atoms with Crippen molar-refractivity contribution in [2.24, 2.45) is 0 Å². The molecule has 1 aromatic carbocycles. The van der Waals surface area contributed by atoms with Crippen molar-refractivity contribution in [3.63, 3.8) is 0 Å². The van der Waals surface area contributed by atoms with Gasteiger partial charge in [-0.1, -0.05) is 6.07 Å². The average molecular weight is 190 g/mol. The number of alkyl halides is 2. The van der Waals surface area contributed by atoms with E-state index in [0.717, 1.165) is 12.1 Å². The van der Waals surface area contributed by atoms with Crippen LogP contribution < -0.4 is 0 Å². The number of aliphatic hydroxyl groups excluding tert-OH is 1. The first-order valence-corrected chi connectivity index (χ1v) is 3.78. The predicted octanol–water partition coefficient (Wildman–Crippen LogP) is 2.82. The Hall–Kier alpha value is -1.03. The van der Waals surface area contributed by atoms with Crippen LogP contribution in [0.25, 0.3) is 0 Å². The molecule has 0 aliphatic heterocycles. The Morgan fingerprint density at radius 2 is 1.85 bits per heavy atom. The van der Waals surface area contributed by atoms with Gasteiger partial charge in [-0.25, -0.2) is 13.2 Å². The summed E-state index contributed by atoms with van der Waals surface area (Å²) >= 11 is 0. The van der Waals surface area contributed by atoms with Crippen LogP contribution in [-0.4, -0.2) is 5.11 Å². The van der Waals surface area contributed by atoms with Crippen LogP contribution in [0.4, 0.5) is 13.2 Å². The van der Waals surface area contributed by atoms with Crippen LogP contribution >= 0.6 is 0 Å². The predicted molar refractivity (Wildman–Crippen MR) is 42.0 cm³/mol. The molecule has 1 aromatic rings. The van der Waals surface area contributed by atoms with E-state index in [-0.39, 0.29) is 5.56 Å². The van der Waals surface area contributed by atoms with Crippen molar-refractivity contribution in [2.75, 3.05) is 0 Å². The van der Waals surface area contributed by atoms with Gasteiger partial charge < -0.3 is 5.11 Å². The number of aliphatic hydroxyl groups is 1. The first kappa shape index (κ1) is 10.1. The number of halogens is 3. The van der Waals surface area contributed by atoms with Gasteiger partial charge in [0.05, 0.1) is 6.10 Å². The number of benzene rings is 1. The summed E-state index contributed by atoms with van der Waals surface area (Å²) in [7, 11) is 0. The van der Waals surface area contributed by atoms with Crippen LogP contribution in [0.3, 0.4) is 0 Å². The molecule has 72 valence electrons. The van der Waals surface area contributed by atoms with E-state index in [0.29, 0.717) is 0 Å². The van der Waals surface area contributed by atoms with Crippen molar-refractivity contribution in [2.45, 2.75) is 19.5 Å². The maximum Gasteiger partial charge on any atom is 0.264 e. The highest BCUT2D eigenvalue weighted by atomic mass is 19.3. The molecule has 1 unspecified atom stereocenters. The fourth-order valence-electron chi connectivity index (χ4n) is 1.12. The Balaban J connectivity index is 3.19. The molecule has 0 saturated carbocycles. The van der Waals surface area contributed by atoms with Gasteiger partial charge >= 0.3 is 0 Å². The zero-order chi connectivity index (χ0) is 10.0. The van der Waals surface area contributed by atoms with Gasteiger partial charge in [-0.05, 0) is 24.6 Å². The van der Waals surface area contributed by atoms with Gasteiger partial charge in [0, 0.05) is 5.56 Å². The first-order valence-electron chi connectivity index (χ1n) is 3.78. The lowest BCUT2D eigenvalue weighted by Gasteiger charge is -2.10. The molecule has 1 rings (SSSR count). The molecule has 1 atom stereocenters. The molecule has 0 radical (unpaired) electrons. The molecule has 0 heterocycles. The van der Waals surface area contributed by atoms with Crippen molar-refractivity contribution >= 4 is 0 Å². The van der Waals surface area contributed by atoms with Crippen LogP contribution in [0, 0.1) is 5.82 Å². The van der Waals surface area contributed by atoms with Gasteiger partial charge in [-0.15, -0.1) is 0 Å². The summed E-state index contributed by atoms with van der Waals surface area (Å²) in [6.07, 6.45) is -3.77. The molecule has 0 bridgehead atoms. The van der Waals surface area contributed by atoms with Gasteiger partial charge in [0.1, 0.15) is 5.82 Å². The van der Waals surface area contributed by atoms with E-state index in [1.165, 1.54) is 13.0 Å². The summed E-state index contributed by atoms with van der Waals surface area (Å²) in [5, 5.41) is 9.09. The van der Waals surface area contributed by atoms with Crippen LogP contribution in [-0.2, 0) is 0 Å². The van der Waals surface area contributed by atoms with Crippen molar-refractivity contribution in [1.82, 2.24) is 0 Å². The van der Waals surface area contributed by atoms with Gasteiger partial charge in [-0.3, -0.25) is 0 Å². The Labute approximate surface area is 73.8 Å². The highest BCUT2D eigenvalue weighted by Crippen LogP contribution is 2.27. The molecule has 4 heteroatoms. The minimum atomic E-state index is -2.76. The molecular weight excluding hydrogens is 181 g/mol. The Morgan fingerprint density at radius 3 is 2.31 bits per heavy atom. The van der Waals surface area contributed by atoms with Crippen LogP contribution in [0.15, 0.2) is 18.2 Å². The molecule has 0 fully saturated rings. The van der Waals surface area contributed by atoms with Gasteiger partial charge in [-0.2, -0.15) is 0 Å². The molecule has 1 N–H and O–H groups in total. The SMILES string of the molecule is CC(O)c1ccc(F)cc1C(F)F. The third kappa shape index (κ3) is 2.21. The third-order valence-electron chi connectivity index (χ3n) is 1.73. The van der Waals surface area contributed by atoms with E-state index in [1.807, 2.05) is 0 Å².